The summed E-state index contributed by atoms with van der Waals surface area (Å²) in [7, 11) is 0. The Morgan fingerprint density at radius 1 is 0.524 bits per heavy atom. The first kappa shape index (κ1) is 25.6. The summed E-state index contributed by atoms with van der Waals surface area (Å²) >= 11 is 0. The van der Waals surface area contributed by atoms with E-state index in [1.807, 2.05) is 0 Å². The zero-order valence-corrected chi connectivity index (χ0v) is 23.4. The minimum Gasteiger partial charge on any atom is -0.355 e. The fourth-order valence-corrected chi connectivity index (χ4v) is 5.76. The predicted octanol–water partition coefficient (Wildman–Crippen LogP) is 11.3. The van der Waals surface area contributed by atoms with Crippen LogP contribution in [0.2, 0.25) is 0 Å². The van der Waals surface area contributed by atoms with Crippen molar-refractivity contribution in [3.8, 4) is 11.1 Å². The maximum absolute atomic E-state index is 3.63. The molecule has 2 nitrogen and oxygen atoms in total. The number of fused-ring (bicyclic) bond motifs is 1. The van der Waals surface area contributed by atoms with Crippen LogP contribution in [-0.2, 0) is 0 Å². The molecule has 202 valence electrons. The smallest absolute Gasteiger partial charge is 0.0463 e. The van der Waals surface area contributed by atoms with Gasteiger partial charge in [0.25, 0.3) is 0 Å². The van der Waals surface area contributed by atoms with Gasteiger partial charge in [-0.2, -0.15) is 0 Å². The lowest BCUT2D eigenvalue weighted by molar-refractivity contribution is 0.854. The van der Waals surface area contributed by atoms with Crippen molar-refractivity contribution >= 4 is 39.2 Å². The van der Waals surface area contributed by atoms with Gasteiger partial charge >= 0.3 is 0 Å². The van der Waals surface area contributed by atoms with Crippen LogP contribution in [0.4, 0.5) is 28.4 Å². The largest absolute Gasteiger partial charge is 0.355 e. The highest BCUT2D eigenvalue weighted by Crippen LogP contribution is 2.38. The molecule has 0 heterocycles. The van der Waals surface area contributed by atoms with Gasteiger partial charge in [-0.15, -0.1) is 0 Å². The van der Waals surface area contributed by atoms with Gasteiger partial charge in [0.15, 0.2) is 0 Å². The van der Waals surface area contributed by atoms with Gasteiger partial charge in [0.05, 0.1) is 0 Å². The van der Waals surface area contributed by atoms with E-state index in [2.05, 4.69) is 180 Å². The highest BCUT2D eigenvalue weighted by Gasteiger charge is 2.15. The lowest BCUT2D eigenvalue weighted by atomic mass is 9.92. The molecule has 1 unspecified atom stereocenters. The molecule has 42 heavy (non-hydrogen) atoms. The van der Waals surface area contributed by atoms with Crippen molar-refractivity contribution in [1.82, 2.24) is 0 Å². The molecule has 1 atom stereocenters. The highest BCUT2D eigenvalue weighted by molar-refractivity contribution is 5.95. The third-order valence-corrected chi connectivity index (χ3v) is 7.99. The third kappa shape index (κ3) is 5.35. The van der Waals surface area contributed by atoms with Crippen molar-refractivity contribution in [3.05, 3.63) is 175 Å². The number of hydrogen-bond acceptors (Lipinski definition) is 2. The monoisotopic (exact) mass is 540 g/mol. The Morgan fingerprint density at radius 2 is 1.14 bits per heavy atom. The number of hydrogen-bond donors (Lipinski definition) is 1. The molecule has 0 saturated carbocycles. The van der Waals surface area contributed by atoms with Crippen LogP contribution in [-0.4, -0.2) is 0 Å². The normalized spacial score (nSPS) is 14.1. The minimum atomic E-state index is 0.432. The molecule has 6 aromatic carbocycles. The maximum atomic E-state index is 3.63. The number of benzene rings is 6. The van der Waals surface area contributed by atoms with E-state index in [1.54, 1.807) is 0 Å². The van der Waals surface area contributed by atoms with E-state index in [-0.39, 0.29) is 0 Å². The number of rotatable bonds is 7. The van der Waals surface area contributed by atoms with E-state index in [0.717, 1.165) is 34.9 Å². The standard InChI is InChI=1S/C40H32N2/c1-3-10-30(11-4-1)32-18-24-36(25-19-32)42(37-26-20-33(21-27-37)31-12-5-2-6-13-31)38-28-22-35(23-29-38)41-40-17-9-15-34-14-7-8-16-39(34)40/h1-12,14-29,31,41H,13H2. The molecule has 0 radical (unpaired) electrons. The first-order valence-corrected chi connectivity index (χ1v) is 14.6. The number of anilines is 5. The fraction of sp³-hybridized carbons (Fsp3) is 0.0500. The minimum absolute atomic E-state index is 0.432. The number of nitrogens with zero attached hydrogens (tertiary/aromatic N) is 1. The van der Waals surface area contributed by atoms with Gasteiger partial charge in [0, 0.05) is 39.7 Å². The summed E-state index contributed by atoms with van der Waals surface area (Å²) in [6.45, 7) is 0. The van der Waals surface area contributed by atoms with Crippen LogP contribution in [0, 0.1) is 0 Å². The van der Waals surface area contributed by atoms with Crippen molar-refractivity contribution in [2.45, 2.75) is 12.3 Å². The summed E-state index contributed by atoms with van der Waals surface area (Å²) in [5.41, 5.74) is 9.31. The lowest BCUT2D eigenvalue weighted by Crippen LogP contribution is -2.10. The summed E-state index contributed by atoms with van der Waals surface area (Å²) in [6.07, 6.45) is 9.86. The molecule has 0 bridgehead atoms. The number of allylic oxidation sites excluding steroid dienone is 4. The van der Waals surface area contributed by atoms with Gasteiger partial charge in [-0.25, -0.2) is 0 Å². The Labute approximate surface area is 247 Å². The Balaban J connectivity index is 1.22. The summed E-state index contributed by atoms with van der Waals surface area (Å²) in [4.78, 5) is 2.33. The van der Waals surface area contributed by atoms with E-state index in [1.165, 1.54) is 27.5 Å². The second-order valence-electron chi connectivity index (χ2n) is 10.7. The van der Waals surface area contributed by atoms with Crippen LogP contribution < -0.4 is 10.2 Å². The molecule has 0 aliphatic heterocycles. The van der Waals surface area contributed by atoms with Gasteiger partial charge in [-0.1, -0.05) is 115 Å². The molecule has 0 saturated heterocycles. The molecule has 2 heteroatoms. The van der Waals surface area contributed by atoms with Gasteiger partial charge in [0.1, 0.15) is 0 Å². The summed E-state index contributed by atoms with van der Waals surface area (Å²) in [5.74, 6) is 0.432. The zero-order valence-electron chi connectivity index (χ0n) is 23.4. The molecular formula is C40H32N2. The molecule has 0 spiro atoms. The Hall–Kier alpha value is -5.34. The van der Waals surface area contributed by atoms with Gasteiger partial charge in [-0.05, 0) is 83.1 Å². The molecule has 1 aliphatic carbocycles. The quantitative estimate of drug-likeness (QED) is 0.217. The van der Waals surface area contributed by atoms with E-state index in [0.29, 0.717) is 5.92 Å². The van der Waals surface area contributed by atoms with Crippen molar-refractivity contribution in [1.29, 1.82) is 0 Å². The van der Waals surface area contributed by atoms with Gasteiger partial charge in [-0.3, -0.25) is 0 Å². The molecule has 1 N–H and O–H groups in total. The van der Waals surface area contributed by atoms with Crippen LogP contribution in [0.3, 0.4) is 0 Å². The molecule has 0 fully saturated rings. The summed E-state index contributed by atoms with van der Waals surface area (Å²) in [5, 5.41) is 6.08. The SMILES string of the molecule is C1=CCC(c2ccc(N(c3ccc(Nc4cccc5ccccc45)cc3)c3ccc(-c4ccccc4)cc3)cc2)C=C1. The molecule has 7 rings (SSSR count). The van der Waals surface area contributed by atoms with Crippen molar-refractivity contribution in [3.63, 3.8) is 0 Å². The van der Waals surface area contributed by atoms with E-state index in [9.17, 15) is 0 Å². The van der Waals surface area contributed by atoms with Crippen LogP contribution in [0.1, 0.15) is 17.9 Å². The highest BCUT2D eigenvalue weighted by atomic mass is 15.1. The van der Waals surface area contributed by atoms with Crippen LogP contribution >= 0.6 is 0 Å². The first-order valence-electron chi connectivity index (χ1n) is 14.6. The van der Waals surface area contributed by atoms with E-state index < -0.39 is 0 Å². The maximum Gasteiger partial charge on any atom is 0.0463 e. The summed E-state index contributed by atoms with van der Waals surface area (Å²) in [6, 6.07) is 52.0. The van der Waals surface area contributed by atoms with Crippen molar-refractivity contribution in [2.24, 2.45) is 0 Å². The van der Waals surface area contributed by atoms with E-state index >= 15 is 0 Å². The fourth-order valence-electron chi connectivity index (χ4n) is 5.76. The average Bonchev–Trinajstić information content (AvgIpc) is 3.07. The summed E-state index contributed by atoms with van der Waals surface area (Å²) < 4.78 is 0. The third-order valence-electron chi connectivity index (χ3n) is 7.99. The van der Waals surface area contributed by atoms with Gasteiger partial charge < -0.3 is 10.2 Å². The molecule has 1 aliphatic rings. The Bertz CT molecular complexity index is 1840. The Morgan fingerprint density at radius 3 is 1.86 bits per heavy atom. The van der Waals surface area contributed by atoms with Crippen molar-refractivity contribution < 1.29 is 0 Å². The average molecular weight is 541 g/mol. The lowest BCUT2D eigenvalue weighted by Gasteiger charge is -2.26. The second kappa shape index (κ2) is 11.6. The van der Waals surface area contributed by atoms with Crippen LogP contribution in [0.5, 0.6) is 0 Å². The Kier molecular flexibility index (Phi) is 7.10. The second-order valence-corrected chi connectivity index (χ2v) is 10.7. The topological polar surface area (TPSA) is 15.3 Å². The number of nitrogens with one attached hydrogen (secondary N) is 1. The predicted molar refractivity (Wildman–Crippen MR) is 179 cm³/mol. The van der Waals surface area contributed by atoms with Crippen LogP contribution in [0.25, 0.3) is 21.9 Å². The zero-order chi connectivity index (χ0) is 28.1. The van der Waals surface area contributed by atoms with Crippen molar-refractivity contribution in [2.75, 3.05) is 10.2 Å². The molecule has 0 amide bonds. The first-order chi connectivity index (χ1) is 20.8. The van der Waals surface area contributed by atoms with E-state index in [4.69, 9.17) is 0 Å². The molecule has 0 aromatic heterocycles. The van der Waals surface area contributed by atoms with Crippen LogP contribution in [0.15, 0.2) is 170 Å². The van der Waals surface area contributed by atoms with Gasteiger partial charge in [0.2, 0.25) is 0 Å². The molecule has 6 aromatic rings. The molecular weight excluding hydrogens is 508 g/mol.